The van der Waals surface area contributed by atoms with Crippen LogP contribution in [0.4, 0.5) is 0 Å². The maximum atomic E-state index is 4.97. The smallest absolute Gasteiger partial charge is 0.0540 e. The number of hydrogen-bond acceptors (Lipinski definition) is 3. The summed E-state index contributed by atoms with van der Waals surface area (Å²) in [6.07, 6.45) is 21.2. The highest BCUT2D eigenvalue weighted by molar-refractivity contribution is 5.80. The van der Waals surface area contributed by atoms with Gasteiger partial charge in [-0.3, -0.25) is 15.0 Å². The Bertz CT molecular complexity index is 1400. The monoisotopic (exact) mass is 639 g/mol. The zero-order valence-corrected chi connectivity index (χ0v) is 30.8. The van der Waals surface area contributed by atoms with E-state index in [0.717, 1.165) is 19.3 Å². The van der Waals surface area contributed by atoms with Crippen molar-refractivity contribution in [1.82, 2.24) is 0 Å². The van der Waals surface area contributed by atoms with Gasteiger partial charge in [-0.05, 0) is 87.1 Å². The molecule has 0 saturated heterocycles. The first kappa shape index (κ1) is 36.7. The molecule has 0 spiro atoms. The van der Waals surface area contributed by atoms with Crippen LogP contribution in [0.3, 0.4) is 0 Å². The summed E-state index contributed by atoms with van der Waals surface area (Å²) in [5.74, 6) is 0. The Labute approximate surface area is 291 Å². The van der Waals surface area contributed by atoms with Gasteiger partial charge in [0.25, 0.3) is 0 Å². The second-order valence-corrected chi connectivity index (χ2v) is 16.3. The Morgan fingerprint density at radius 1 is 0.396 bits per heavy atom. The van der Waals surface area contributed by atoms with Gasteiger partial charge in [-0.1, -0.05) is 153 Å². The molecule has 0 radical (unpaired) electrons. The highest BCUT2D eigenvalue weighted by Gasteiger charge is 2.27. The van der Waals surface area contributed by atoms with Crippen molar-refractivity contribution in [3.63, 3.8) is 0 Å². The van der Waals surface area contributed by atoms with E-state index in [4.69, 9.17) is 15.0 Å². The summed E-state index contributed by atoms with van der Waals surface area (Å²) in [5, 5.41) is 0. The van der Waals surface area contributed by atoms with Crippen LogP contribution in [0.5, 0.6) is 0 Å². The Hall–Kier alpha value is -4.11. The lowest BCUT2D eigenvalue weighted by Crippen LogP contribution is -2.30. The fraction of sp³-hybridized carbons (Fsp3) is 0.400. The van der Waals surface area contributed by atoms with Gasteiger partial charge < -0.3 is 0 Å². The van der Waals surface area contributed by atoms with Crippen molar-refractivity contribution in [2.45, 2.75) is 116 Å². The lowest BCUT2D eigenvalue weighted by molar-refractivity contribution is 0.358. The molecular weight excluding hydrogens is 583 g/mol. The lowest BCUT2D eigenvalue weighted by Gasteiger charge is -2.28. The van der Waals surface area contributed by atoms with Crippen molar-refractivity contribution in [1.29, 1.82) is 0 Å². The van der Waals surface area contributed by atoms with Gasteiger partial charge in [0.2, 0.25) is 0 Å². The van der Waals surface area contributed by atoms with E-state index in [-0.39, 0.29) is 34.4 Å². The molecule has 252 valence electrons. The van der Waals surface area contributed by atoms with Crippen molar-refractivity contribution < 1.29 is 0 Å². The Morgan fingerprint density at radius 2 is 0.625 bits per heavy atom. The van der Waals surface area contributed by atoms with Crippen molar-refractivity contribution in [3.05, 3.63) is 124 Å². The number of aliphatic imine (C=N–C) groups is 3. The molecule has 3 aromatic carbocycles. The summed E-state index contributed by atoms with van der Waals surface area (Å²) in [5.41, 5.74) is 8.05. The van der Waals surface area contributed by atoms with Crippen LogP contribution in [0.1, 0.15) is 115 Å². The van der Waals surface area contributed by atoms with Crippen LogP contribution in [0, 0.1) is 0 Å². The zero-order chi connectivity index (χ0) is 34.8. The van der Waals surface area contributed by atoms with Crippen LogP contribution in [0.2, 0.25) is 0 Å². The number of allylic oxidation sites excluding steroid dienone is 3. The van der Waals surface area contributed by atoms with E-state index in [2.05, 4.69) is 172 Å². The number of hydrogen-bond donors (Lipinski definition) is 0. The van der Waals surface area contributed by atoms with E-state index < -0.39 is 0 Å². The minimum Gasteiger partial charge on any atom is -0.290 e. The van der Waals surface area contributed by atoms with Crippen LogP contribution in [0.15, 0.2) is 106 Å². The molecule has 1 aliphatic rings. The normalized spacial score (nSPS) is 20.1. The first-order chi connectivity index (χ1) is 22.7. The van der Waals surface area contributed by atoms with Crippen LogP contribution < -0.4 is 0 Å². The van der Waals surface area contributed by atoms with Crippen molar-refractivity contribution >= 4 is 36.9 Å². The molecule has 4 rings (SSSR count). The predicted octanol–water partition coefficient (Wildman–Crippen LogP) is 11.5. The molecule has 0 unspecified atom stereocenters. The lowest BCUT2D eigenvalue weighted by atomic mass is 9.87. The van der Waals surface area contributed by atoms with Gasteiger partial charge in [0.05, 0.1) is 18.1 Å². The van der Waals surface area contributed by atoms with E-state index in [0.29, 0.717) is 0 Å². The highest BCUT2D eigenvalue weighted by atomic mass is 14.9. The standard InChI is InChI=1S/C45H57N3/c1-43(2,3)37-22-16-34(17-23-37)13-10-28-46-40-31-41(47-29-11-14-35-18-24-38(25-19-35)44(4,5)6)33-42(32-40)48-30-12-15-36-20-26-39(27-21-36)45(7,8)9/h10-30,40-42H,31-33H2,1-9H3/b13-10+,14-11+,15-12+,46-28?,47-29?,48-30?. The largest absolute Gasteiger partial charge is 0.290 e. The molecule has 0 heterocycles. The van der Waals surface area contributed by atoms with Gasteiger partial charge in [-0.2, -0.15) is 0 Å². The topological polar surface area (TPSA) is 37.1 Å². The SMILES string of the molecule is CC(C)(C)c1ccc(/C=C/C=NC2CC(N=C/C=C/c3ccc(C(C)(C)C)cc3)CC(N=C/C=C/c3ccc(C(C)(C)C)cc3)C2)cc1. The van der Waals surface area contributed by atoms with E-state index >= 15 is 0 Å². The van der Waals surface area contributed by atoms with Gasteiger partial charge in [-0.15, -0.1) is 0 Å². The Kier molecular flexibility index (Phi) is 12.5. The maximum absolute atomic E-state index is 4.97. The van der Waals surface area contributed by atoms with Crippen molar-refractivity contribution in [3.8, 4) is 0 Å². The summed E-state index contributed by atoms with van der Waals surface area (Å²) >= 11 is 0. The van der Waals surface area contributed by atoms with Gasteiger partial charge in [-0.25, -0.2) is 0 Å². The molecule has 48 heavy (non-hydrogen) atoms. The molecule has 0 atom stereocenters. The first-order valence-electron chi connectivity index (χ1n) is 17.6. The second kappa shape index (κ2) is 16.3. The molecule has 0 N–H and O–H groups in total. The predicted molar refractivity (Wildman–Crippen MR) is 213 cm³/mol. The molecule has 3 aromatic rings. The zero-order valence-electron chi connectivity index (χ0n) is 30.8. The first-order valence-corrected chi connectivity index (χ1v) is 17.6. The van der Waals surface area contributed by atoms with Crippen LogP contribution >= 0.6 is 0 Å². The molecule has 1 fully saturated rings. The van der Waals surface area contributed by atoms with E-state index in [1.54, 1.807) is 0 Å². The fourth-order valence-electron chi connectivity index (χ4n) is 5.86. The molecule has 0 aliphatic heterocycles. The Morgan fingerprint density at radius 3 is 0.833 bits per heavy atom. The summed E-state index contributed by atoms with van der Waals surface area (Å²) in [6.45, 7) is 20.2. The molecule has 0 bridgehead atoms. The molecule has 0 aromatic heterocycles. The van der Waals surface area contributed by atoms with Gasteiger partial charge in [0.1, 0.15) is 0 Å². The molecule has 3 heteroatoms. The van der Waals surface area contributed by atoms with Gasteiger partial charge in [0.15, 0.2) is 0 Å². The molecule has 3 nitrogen and oxygen atoms in total. The summed E-state index contributed by atoms with van der Waals surface area (Å²) in [4.78, 5) is 14.9. The average molecular weight is 640 g/mol. The fourth-order valence-corrected chi connectivity index (χ4v) is 5.86. The highest BCUT2D eigenvalue weighted by Crippen LogP contribution is 2.27. The van der Waals surface area contributed by atoms with Crippen LogP contribution in [-0.4, -0.2) is 36.8 Å². The second-order valence-electron chi connectivity index (χ2n) is 16.3. The van der Waals surface area contributed by atoms with E-state index in [1.165, 1.54) is 33.4 Å². The summed E-state index contributed by atoms with van der Waals surface area (Å²) in [6, 6.07) is 26.9. The third-order valence-corrected chi connectivity index (χ3v) is 8.98. The number of nitrogens with zero attached hydrogens (tertiary/aromatic N) is 3. The third kappa shape index (κ3) is 11.8. The maximum Gasteiger partial charge on any atom is 0.0540 e. The van der Waals surface area contributed by atoms with Crippen LogP contribution in [0.25, 0.3) is 18.2 Å². The quantitative estimate of drug-likeness (QED) is 0.209. The molecule has 1 saturated carbocycles. The van der Waals surface area contributed by atoms with Crippen molar-refractivity contribution in [2.75, 3.05) is 0 Å². The van der Waals surface area contributed by atoms with E-state index in [9.17, 15) is 0 Å². The van der Waals surface area contributed by atoms with Crippen LogP contribution in [-0.2, 0) is 16.2 Å². The van der Waals surface area contributed by atoms with Gasteiger partial charge >= 0.3 is 0 Å². The average Bonchev–Trinajstić information content (AvgIpc) is 3.03. The molecule has 1 aliphatic carbocycles. The number of rotatable bonds is 9. The third-order valence-electron chi connectivity index (χ3n) is 8.98. The minimum absolute atomic E-state index is 0.156. The Balaban J connectivity index is 1.42. The molecule has 0 amide bonds. The minimum atomic E-state index is 0.156. The summed E-state index contributed by atoms with van der Waals surface area (Å²) in [7, 11) is 0. The summed E-state index contributed by atoms with van der Waals surface area (Å²) < 4.78 is 0. The van der Waals surface area contributed by atoms with E-state index in [1.807, 2.05) is 18.6 Å². The van der Waals surface area contributed by atoms with Gasteiger partial charge in [0, 0.05) is 18.6 Å². The number of benzene rings is 3. The van der Waals surface area contributed by atoms with Crippen molar-refractivity contribution in [2.24, 2.45) is 15.0 Å². The molecular formula is C45H57N3.